The van der Waals surface area contributed by atoms with Gasteiger partial charge in [0.2, 0.25) is 0 Å². The summed E-state index contributed by atoms with van der Waals surface area (Å²) < 4.78 is 17.1. The van der Waals surface area contributed by atoms with Crippen LogP contribution in [0.5, 0.6) is 17.2 Å². The van der Waals surface area contributed by atoms with Gasteiger partial charge < -0.3 is 14.2 Å². The number of benzene rings is 2. The van der Waals surface area contributed by atoms with Crippen molar-refractivity contribution in [3.05, 3.63) is 59.7 Å². The first-order valence-corrected chi connectivity index (χ1v) is 7.59. The fraction of sp³-hybridized carbons (Fsp3) is 0.263. The molecule has 0 N–H and O–H groups in total. The summed E-state index contributed by atoms with van der Waals surface area (Å²) in [5.74, 6) is 3.29. The molecular formula is C19H20O3. The molecule has 22 heavy (non-hydrogen) atoms. The van der Waals surface area contributed by atoms with Crippen LogP contribution in [-0.4, -0.2) is 13.7 Å². The van der Waals surface area contributed by atoms with Crippen molar-refractivity contribution in [2.75, 3.05) is 13.7 Å². The molecule has 114 valence electrons. The standard InChI is InChI=1S/C19H20O3/c1-3-12-21-19-13-15(9-11-18(19)20-2)17-10-8-14-6-4-5-7-16(14)22-17/h4-7,9-11,13H,3,8,12H2,1-2H3. The van der Waals surface area contributed by atoms with Gasteiger partial charge >= 0.3 is 0 Å². The van der Waals surface area contributed by atoms with Crippen LogP contribution in [0.15, 0.2) is 48.5 Å². The summed E-state index contributed by atoms with van der Waals surface area (Å²) in [4.78, 5) is 0. The lowest BCUT2D eigenvalue weighted by Gasteiger charge is -2.19. The van der Waals surface area contributed by atoms with Gasteiger partial charge in [0.05, 0.1) is 13.7 Å². The molecule has 0 fully saturated rings. The average Bonchev–Trinajstić information content (AvgIpc) is 2.59. The molecule has 0 radical (unpaired) electrons. The van der Waals surface area contributed by atoms with E-state index in [-0.39, 0.29) is 0 Å². The Morgan fingerprint density at radius 2 is 1.95 bits per heavy atom. The van der Waals surface area contributed by atoms with Crippen molar-refractivity contribution >= 4 is 5.76 Å². The highest BCUT2D eigenvalue weighted by molar-refractivity contribution is 5.67. The summed E-state index contributed by atoms with van der Waals surface area (Å²) in [7, 11) is 1.65. The Labute approximate surface area is 131 Å². The van der Waals surface area contributed by atoms with Crippen molar-refractivity contribution in [3.8, 4) is 17.2 Å². The zero-order valence-electron chi connectivity index (χ0n) is 13.0. The van der Waals surface area contributed by atoms with Gasteiger partial charge in [-0.2, -0.15) is 0 Å². The molecule has 2 aromatic rings. The lowest BCUT2D eigenvalue weighted by atomic mass is 10.0. The van der Waals surface area contributed by atoms with Crippen LogP contribution in [0.25, 0.3) is 5.76 Å². The molecule has 0 aromatic heterocycles. The quantitative estimate of drug-likeness (QED) is 0.815. The molecule has 3 nitrogen and oxygen atoms in total. The monoisotopic (exact) mass is 296 g/mol. The van der Waals surface area contributed by atoms with E-state index in [4.69, 9.17) is 14.2 Å². The van der Waals surface area contributed by atoms with Gasteiger partial charge in [-0.3, -0.25) is 0 Å². The molecule has 3 rings (SSSR count). The van der Waals surface area contributed by atoms with E-state index in [2.05, 4.69) is 19.1 Å². The van der Waals surface area contributed by atoms with Gasteiger partial charge in [-0.25, -0.2) is 0 Å². The number of fused-ring (bicyclic) bond motifs is 1. The molecular weight excluding hydrogens is 276 g/mol. The van der Waals surface area contributed by atoms with E-state index in [1.165, 1.54) is 5.56 Å². The number of rotatable bonds is 5. The van der Waals surface area contributed by atoms with Crippen LogP contribution in [0.3, 0.4) is 0 Å². The largest absolute Gasteiger partial charge is 0.493 e. The third-order valence-corrected chi connectivity index (χ3v) is 3.61. The Balaban J connectivity index is 1.88. The topological polar surface area (TPSA) is 27.7 Å². The summed E-state index contributed by atoms with van der Waals surface area (Å²) in [5.41, 5.74) is 2.21. The van der Waals surface area contributed by atoms with Crippen LogP contribution >= 0.6 is 0 Å². The number of hydrogen-bond donors (Lipinski definition) is 0. The summed E-state index contributed by atoms with van der Waals surface area (Å²) in [6, 6.07) is 14.0. The van der Waals surface area contributed by atoms with E-state index in [1.807, 2.05) is 36.4 Å². The summed E-state index contributed by atoms with van der Waals surface area (Å²) in [6.45, 7) is 2.75. The Morgan fingerprint density at radius 1 is 1.09 bits per heavy atom. The predicted molar refractivity (Wildman–Crippen MR) is 87.5 cm³/mol. The van der Waals surface area contributed by atoms with E-state index < -0.39 is 0 Å². The highest BCUT2D eigenvalue weighted by Gasteiger charge is 2.15. The maximum absolute atomic E-state index is 6.02. The molecule has 0 saturated heterocycles. The van der Waals surface area contributed by atoms with E-state index >= 15 is 0 Å². The number of ether oxygens (including phenoxy) is 3. The Bertz CT molecular complexity index is 689. The Morgan fingerprint density at radius 3 is 2.77 bits per heavy atom. The van der Waals surface area contributed by atoms with Crippen molar-refractivity contribution in [2.24, 2.45) is 0 Å². The van der Waals surface area contributed by atoms with Gasteiger partial charge in [-0.1, -0.05) is 25.1 Å². The lowest BCUT2D eigenvalue weighted by molar-refractivity contribution is 0.294. The molecule has 0 aliphatic carbocycles. The highest BCUT2D eigenvalue weighted by Crippen LogP contribution is 2.34. The van der Waals surface area contributed by atoms with Crippen molar-refractivity contribution in [1.82, 2.24) is 0 Å². The summed E-state index contributed by atoms with van der Waals surface area (Å²) >= 11 is 0. The first kappa shape index (κ1) is 14.5. The molecule has 1 aliphatic heterocycles. The Kier molecular flexibility index (Phi) is 4.33. The van der Waals surface area contributed by atoms with Gasteiger partial charge in [0.15, 0.2) is 11.5 Å². The van der Waals surface area contributed by atoms with Gasteiger partial charge in [0, 0.05) is 5.56 Å². The molecule has 1 heterocycles. The lowest BCUT2D eigenvalue weighted by Crippen LogP contribution is -2.05. The van der Waals surface area contributed by atoms with Gasteiger partial charge in [-0.15, -0.1) is 0 Å². The van der Waals surface area contributed by atoms with E-state index in [1.54, 1.807) is 7.11 Å². The average molecular weight is 296 g/mol. The Hall–Kier alpha value is -2.42. The first-order valence-electron chi connectivity index (χ1n) is 7.59. The molecule has 0 amide bonds. The van der Waals surface area contributed by atoms with Crippen LogP contribution in [0, 0.1) is 0 Å². The number of allylic oxidation sites excluding steroid dienone is 1. The SMILES string of the molecule is CCCOc1cc(C2=CCc3ccccc3O2)ccc1OC. The van der Waals surface area contributed by atoms with Crippen LogP contribution in [0.2, 0.25) is 0 Å². The van der Waals surface area contributed by atoms with Crippen molar-refractivity contribution < 1.29 is 14.2 Å². The molecule has 0 unspecified atom stereocenters. The zero-order chi connectivity index (χ0) is 15.4. The minimum Gasteiger partial charge on any atom is -0.493 e. The third-order valence-electron chi connectivity index (χ3n) is 3.61. The second-order valence-corrected chi connectivity index (χ2v) is 5.20. The zero-order valence-corrected chi connectivity index (χ0v) is 13.0. The van der Waals surface area contributed by atoms with Crippen molar-refractivity contribution in [1.29, 1.82) is 0 Å². The third kappa shape index (κ3) is 2.93. The maximum atomic E-state index is 6.02. The first-order chi connectivity index (χ1) is 10.8. The molecule has 0 spiro atoms. The molecule has 2 aromatic carbocycles. The molecule has 0 saturated carbocycles. The van der Waals surface area contributed by atoms with Crippen LogP contribution in [0.4, 0.5) is 0 Å². The number of methoxy groups -OCH3 is 1. The van der Waals surface area contributed by atoms with Crippen LogP contribution < -0.4 is 14.2 Å². The molecule has 0 bridgehead atoms. The smallest absolute Gasteiger partial charge is 0.161 e. The van der Waals surface area contributed by atoms with Gasteiger partial charge in [0.1, 0.15) is 11.5 Å². The van der Waals surface area contributed by atoms with Crippen molar-refractivity contribution in [3.63, 3.8) is 0 Å². The second-order valence-electron chi connectivity index (χ2n) is 5.20. The predicted octanol–water partition coefficient (Wildman–Crippen LogP) is 4.46. The van der Waals surface area contributed by atoms with Crippen LogP contribution in [-0.2, 0) is 6.42 Å². The molecule has 0 atom stereocenters. The molecule has 1 aliphatic rings. The van der Waals surface area contributed by atoms with Gasteiger partial charge in [0.25, 0.3) is 0 Å². The fourth-order valence-electron chi connectivity index (χ4n) is 2.47. The van der Waals surface area contributed by atoms with E-state index in [0.29, 0.717) is 6.61 Å². The number of para-hydroxylation sites is 1. The van der Waals surface area contributed by atoms with E-state index in [9.17, 15) is 0 Å². The minimum atomic E-state index is 0.669. The van der Waals surface area contributed by atoms with E-state index in [0.717, 1.165) is 41.4 Å². The summed E-state index contributed by atoms with van der Waals surface area (Å²) in [6.07, 6.45) is 3.94. The van der Waals surface area contributed by atoms with Crippen molar-refractivity contribution in [2.45, 2.75) is 19.8 Å². The maximum Gasteiger partial charge on any atom is 0.161 e. The number of hydrogen-bond acceptors (Lipinski definition) is 3. The highest BCUT2D eigenvalue weighted by atomic mass is 16.5. The van der Waals surface area contributed by atoms with Gasteiger partial charge in [-0.05, 0) is 48.7 Å². The normalized spacial score (nSPS) is 12.9. The summed E-state index contributed by atoms with van der Waals surface area (Å²) in [5, 5.41) is 0. The second kappa shape index (κ2) is 6.56. The van der Waals surface area contributed by atoms with Crippen LogP contribution in [0.1, 0.15) is 24.5 Å². The fourth-order valence-corrected chi connectivity index (χ4v) is 2.47. The molecule has 3 heteroatoms. The minimum absolute atomic E-state index is 0.669.